The highest BCUT2D eigenvalue weighted by atomic mass is 16.5. The second-order valence-electron chi connectivity index (χ2n) is 9.66. The lowest BCUT2D eigenvalue weighted by Crippen LogP contribution is -2.47. The number of benzene rings is 2. The minimum Gasteiger partial charge on any atom is -0.457 e. The Labute approximate surface area is 194 Å². The fourth-order valence-electron chi connectivity index (χ4n) is 5.32. The largest absolute Gasteiger partial charge is 0.457 e. The molecule has 2 aliphatic heterocycles. The van der Waals surface area contributed by atoms with Gasteiger partial charge >= 0.3 is 0 Å². The summed E-state index contributed by atoms with van der Waals surface area (Å²) in [5.41, 5.74) is 7.93. The summed E-state index contributed by atoms with van der Waals surface area (Å²) in [7, 11) is 0. The van der Waals surface area contributed by atoms with Crippen LogP contribution in [0.5, 0.6) is 11.5 Å². The average molecular weight is 446 g/mol. The molecule has 7 heteroatoms. The molecule has 0 spiro atoms. The lowest BCUT2D eigenvalue weighted by atomic mass is 9.70. The van der Waals surface area contributed by atoms with Gasteiger partial charge in [0, 0.05) is 18.7 Å². The van der Waals surface area contributed by atoms with E-state index in [2.05, 4.69) is 24.5 Å². The molecule has 33 heavy (non-hydrogen) atoms. The maximum absolute atomic E-state index is 12.5. The Morgan fingerprint density at radius 2 is 1.79 bits per heavy atom. The summed E-state index contributed by atoms with van der Waals surface area (Å²) in [5, 5.41) is 11.9. The predicted molar refractivity (Wildman–Crippen MR) is 130 cm³/mol. The average Bonchev–Trinajstić information content (AvgIpc) is 3.20. The van der Waals surface area contributed by atoms with Crippen LogP contribution in [-0.4, -0.2) is 35.3 Å². The molecule has 2 atom stereocenters. The number of piperidine rings is 1. The maximum atomic E-state index is 12.5. The van der Waals surface area contributed by atoms with Crippen LogP contribution in [0.1, 0.15) is 43.1 Å². The highest BCUT2D eigenvalue weighted by molar-refractivity contribution is 6.03. The van der Waals surface area contributed by atoms with Crippen molar-refractivity contribution in [3.8, 4) is 22.8 Å². The van der Waals surface area contributed by atoms with Gasteiger partial charge in [-0.3, -0.25) is 4.79 Å². The number of nitrogens with two attached hydrogens (primary N) is 1. The molecule has 0 saturated carbocycles. The fraction of sp³-hybridized carbons (Fsp3) is 0.385. The molecule has 1 unspecified atom stereocenters. The van der Waals surface area contributed by atoms with Gasteiger partial charge in [0.2, 0.25) is 0 Å². The van der Waals surface area contributed by atoms with Crippen LogP contribution < -0.4 is 21.1 Å². The second kappa shape index (κ2) is 8.56. The van der Waals surface area contributed by atoms with E-state index in [-0.39, 0.29) is 11.5 Å². The van der Waals surface area contributed by atoms with Crippen molar-refractivity contribution in [2.24, 2.45) is 17.1 Å². The van der Waals surface area contributed by atoms with Crippen LogP contribution in [0.15, 0.2) is 54.6 Å². The van der Waals surface area contributed by atoms with Crippen molar-refractivity contribution in [2.45, 2.75) is 32.7 Å². The molecular formula is C26H31N5O2. The van der Waals surface area contributed by atoms with Gasteiger partial charge < -0.3 is 21.1 Å². The number of primary amides is 1. The van der Waals surface area contributed by atoms with E-state index in [0.29, 0.717) is 17.2 Å². The number of rotatable bonds is 5. The third kappa shape index (κ3) is 4.09. The standard InChI is InChI=1S/C26H31N5O2/c1-26(2)16-28-14-12-20(26)21-13-15-29-25-22(24(27)32)23(30-31(21)25)17-8-10-19(11-9-17)33-18-6-4-3-5-7-18/h3-11,20-21,28-29H,12-16H2,1-2H3,(H2,27,32)/t20?,21-/m0/s1. The summed E-state index contributed by atoms with van der Waals surface area (Å²) in [6.45, 7) is 7.43. The van der Waals surface area contributed by atoms with E-state index in [4.69, 9.17) is 15.6 Å². The Morgan fingerprint density at radius 1 is 1.06 bits per heavy atom. The molecule has 1 amide bonds. The topological polar surface area (TPSA) is 94.2 Å². The van der Waals surface area contributed by atoms with Crippen LogP contribution in [0, 0.1) is 11.3 Å². The van der Waals surface area contributed by atoms with Crippen molar-refractivity contribution in [1.29, 1.82) is 0 Å². The van der Waals surface area contributed by atoms with Crippen LogP contribution in [0.25, 0.3) is 11.3 Å². The Balaban J connectivity index is 1.50. The summed E-state index contributed by atoms with van der Waals surface area (Å²) in [5.74, 6) is 2.25. The molecule has 5 rings (SSSR count). The van der Waals surface area contributed by atoms with Gasteiger partial charge in [0.25, 0.3) is 5.91 Å². The predicted octanol–water partition coefficient (Wildman–Crippen LogP) is 4.43. The van der Waals surface area contributed by atoms with Crippen LogP contribution in [-0.2, 0) is 0 Å². The van der Waals surface area contributed by atoms with Crippen molar-refractivity contribution in [2.75, 3.05) is 25.0 Å². The molecule has 3 aromatic rings. The summed E-state index contributed by atoms with van der Waals surface area (Å²) < 4.78 is 7.94. The Kier molecular flexibility index (Phi) is 5.58. The van der Waals surface area contributed by atoms with E-state index < -0.39 is 5.91 Å². The molecule has 3 heterocycles. The molecule has 0 bridgehead atoms. The number of hydrogen-bond donors (Lipinski definition) is 3. The van der Waals surface area contributed by atoms with Crippen molar-refractivity contribution in [3.05, 3.63) is 60.2 Å². The molecule has 0 radical (unpaired) electrons. The number of fused-ring (bicyclic) bond motifs is 1. The maximum Gasteiger partial charge on any atom is 0.254 e. The molecular weight excluding hydrogens is 414 g/mol. The minimum atomic E-state index is -0.464. The number of hydrogen-bond acceptors (Lipinski definition) is 5. The molecule has 1 aromatic heterocycles. The van der Waals surface area contributed by atoms with E-state index in [1.807, 2.05) is 59.3 Å². The van der Waals surface area contributed by atoms with E-state index in [0.717, 1.165) is 55.4 Å². The number of anilines is 1. The van der Waals surface area contributed by atoms with Gasteiger partial charge in [0.05, 0.1) is 6.04 Å². The number of nitrogens with one attached hydrogen (secondary N) is 2. The van der Waals surface area contributed by atoms with Crippen molar-refractivity contribution < 1.29 is 9.53 Å². The number of ether oxygens (including phenoxy) is 1. The Hall–Kier alpha value is -3.32. The quantitative estimate of drug-likeness (QED) is 0.540. The molecule has 7 nitrogen and oxygen atoms in total. The zero-order valence-corrected chi connectivity index (χ0v) is 19.2. The van der Waals surface area contributed by atoms with Crippen LogP contribution in [0.3, 0.4) is 0 Å². The highest BCUT2D eigenvalue weighted by Gasteiger charge is 2.41. The number of carbonyl (C=O) groups is 1. The van der Waals surface area contributed by atoms with Crippen molar-refractivity contribution in [1.82, 2.24) is 15.1 Å². The normalized spacial score (nSPS) is 21.6. The molecule has 1 saturated heterocycles. The minimum absolute atomic E-state index is 0.146. The van der Waals surface area contributed by atoms with Gasteiger partial charge in [-0.15, -0.1) is 0 Å². The number of para-hydroxylation sites is 1. The summed E-state index contributed by atoms with van der Waals surface area (Å²) in [6, 6.07) is 17.5. The second-order valence-corrected chi connectivity index (χ2v) is 9.66. The number of nitrogens with zero attached hydrogens (tertiary/aromatic N) is 2. The first kappa shape index (κ1) is 21.5. The van der Waals surface area contributed by atoms with E-state index in [1.165, 1.54) is 0 Å². The van der Waals surface area contributed by atoms with Crippen LogP contribution >= 0.6 is 0 Å². The smallest absolute Gasteiger partial charge is 0.254 e. The van der Waals surface area contributed by atoms with E-state index >= 15 is 0 Å². The fourth-order valence-corrected chi connectivity index (χ4v) is 5.32. The van der Waals surface area contributed by atoms with Gasteiger partial charge in [-0.2, -0.15) is 5.10 Å². The first-order valence-electron chi connectivity index (χ1n) is 11.6. The molecule has 2 aliphatic rings. The number of carbonyl (C=O) groups excluding carboxylic acids is 1. The number of amides is 1. The van der Waals surface area contributed by atoms with Gasteiger partial charge in [0.15, 0.2) is 0 Å². The first-order chi connectivity index (χ1) is 15.9. The zero-order chi connectivity index (χ0) is 23.0. The van der Waals surface area contributed by atoms with Crippen LogP contribution in [0.4, 0.5) is 5.82 Å². The Bertz CT molecular complexity index is 1140. The molecule has 4 N–H and O–H groups in total. The van der Waals surface area contributed by atoms with Gasteiger partial charge in [-0.1, -0.05) is 32.0 Å². The lowest BCUT2D eigenvalue weighted by Gasteiger charge is -2.45. The van der Waals surface area contributed by atoms with Crippen LogP contribution in [0.2, 0.25) is 0 Å². The van der Waals surface area contributed by atoms with Gasteiger partial charge in [-0.25, -0.2) is 4.68 Å². The zero-order valence-electron chi connectivity index (χ0n) is 19.2. The lowest BCUT2D eigenvalue weighted by molar-refractivity contribution is 0.0888. The van der Waals surface area contributed by atoms with Gasteiger partial charge in [0.1, 0.15) is 28.6 Å². The van der Waals surface area contributed by atoms with E-state index in [1.54, 1.807) is 0 Å². The third-order valence-electron chi connectivity index (χ3n) is 6.99. The molecule has 2 aromatic carbocycles. The van der Waals surface area contributed by atoms with Crippen molar-refractivity contribution >= 4 is 11.7 Å². The summed E-state index contributed by atoms with van der Waals surface area (Å²) in [6.07, 6.45) is 2.06. The number of aromatic nitrogens is 2. The summed E-state index contributed by atoms with van der Waals surface area (Å²) >= 11 is 0. The first-order valence-corrected chi connectivity index (χ1v) is 11.6. The van der Waals surface area contributed by atoms with Crippen molar-refractivity contribution in [3.63, 3.8) is 0 Å². The van der Waals surface area contributed by atoms with E-state index in [9.17, 15) is 4.79 Å². The summed E-state index contributed by atoms with van der Waals surface area (Å²) in [4.78, 5) is 12.5. The SMILES string of the molecule is CC1(C)CNCCC1[C@@H]1CCNc2c(C(N)=O)c(-c3ccc(Oc4ccccc4)cc3)nn21. The molecule has 172 valence electrons. The van der Waals surface area contributed by atoms with Gasteiger partial charge in [-0.05, 0) is 67.1 Å². The Morgan fingerprint density at radius 3 is 2.48 bits per heavy atom. The third-order valence-corrected chi connectivity index (χ3v) is 6.99. The molecule has 0 aliphatic carbocycles. The highest BCUT2D eigenvalue weighted by Crippen LogP contribution is 2.45. The molecule has 1 fully saturated rings. The monoisotopic (exact) mass is 445 g/mol.